The van der Waals surface area contributed by atoms with Gasteiger partial charge in [0.25, 0.3) is 0 Å². The van der Waals surface area contributed by atoms with Crippen LogP contribution in [0.1, 0.15) is 19.3 Å². The lowest BCUT2D eigenvalue weighted by Gasteiger charge is -2.49. The molecule has 5 aliphatic heterocycles. The normalized spacial score (nSPS) is 41.7. The van der Waals surface area contributed by atoms with Gasteiger partial charge < -0.3 is 14.5 Å². The first kappa shape index (κ1) is 14.8. The summed E-state index contributed by atoms with van der Waals surface area (Å²) in [6.45, 7) is 7.03. The van der Waals surface area contributed by atoms with E-state index in [9.17, 15) is 0 Å². The van der Waals surface area contributed by atoms with Crippen LogP contribution in [0.2, 0.25) is 0 Å². The number of ether oxygens (including phenoxy) is 1. The van der Waals surface area contributed by atoms with Crippen LogP contribution in [0, 0.1) is 5.92 Å². The highest BCUT2D eigenvalue weighted by Gasteiger charge is 2.50. The maximum absolute atomic E-state index is 6.35. The van der Waals surface area contributed by atoms with Crippen molar-refractivity contribution in [3.8, 4) is 0 Å². The molecule has 4 nitrogen and oxygen atoms in total. The number of nitrogens with zero attached hydrogens (tertiary/aromatic N) is 3. The van der Waals surface area contributed by atoms with Crippen LogP contribution in [0.25, 0.3) is 0 Å². The average Bonchev–Trinajstić information content (AvgIpc) is 2.69. The van der Waals surface area contributed by atoms with Crippen molar-refractivity contribution >= 4 is 11.8 Å². The molecule has 21 heavy (non-hydrogen) atoms. The molecule has 5 saturated heterocycles. The Morgan fingerprint density at radius 2 is 1.86 bits per heavy atom. The molecule has 0 radical (unpaired) electrons. The second-order valence-corrected chi connectivity index (χ2v) is 8.83. The van der Waals surface area contributed by atoms with E-state index in [2.05, 4.69) is 40.6 Å². The molecule has 120 valence electrons. The lowest BCUT2D eigenvalue weighted by atomic mass is 9.92. The van der Waals surface area contributed by atoms with Crippen LogP contribution >= 0.6 is 11.8 Å². The molecule has 3 unspecified atom stereocenters. The lowest BCUT2D eigenvalue weighted by Crippen LogP contribution is -2.59. The van der Waals surface area contributed by atoms with E-state index >= 15 is 0 Å². The van der Waals surface area contributed by atoms with E-state index in [1.165, 1.54) is 51.2 Å². The maximum atomic E-state index is 6.35. The average molecular weight is 311 g/mol. The summed E-state index contributed by atoms with van der Waals surface area (Å²) >= 11 is 2.23. The van der Waals surface area contributed by atoms with E-state index in [0.717, 1.165) is 30.4 Å². The molecule has 0 saturated carbocycles. The van der Waals surface area contributed by atoms with Crippen LogP contribution in [0.3, 0.4) is 0 Å². The minimum absolute atomic E-state index is 0.0702. The molecule has 1 spiro atoms. The molecule has 0 aromatic rings. The maximum Gasteiger partial charge on any atom is 0.124 e. The Morgan fingerprint density at radius 3 is 2.67 bits per heavy atom. The van der Waals surface area contributed by atoms with E-state index in [-0.39, 0.29) is 5.72 Å². The van der Waals surface area contributed by atoms with Crippen LogP contribution < -0.4 is 0 Å². The predicted octanol–water partition coefficient (Wildman–Crippen LogP) is 1.18. The third-order valence-corrected chi connectivity index (χ3v) is 7.56. The van der Waals surface area contributed by atoms with E-state index in [4.69, 9.17) is 4.74 Å². The van der Waals surface area contributed by atoms with Crippen LogP contribution in [0.15, 0.2) is 0 Å². The lowest BCUT2D eigenvalue weighted by molar-refractivity contribution is -0.132. The first-order valence-corrected chi connectivity index (χ1v) is 9.60. The Bertz CT molecular complexity index is 386. The predicted molar refractivity (Wildman–Crippen MR) is 87.8 cm³/mol. The summed E-state index contributed by atoms with van der Waals surface area (Å²) in [6.07, 6.45) is 3.78. The number of hydrogen-bond donors (Lipinski definition) is 0. The molecule has 2 bridgehead atoms. The van der Waals surface area contributed by atoms with Crippen molar-refractivity contribution in [2.75, 3.05) is 59.2 Å². The first-order chi connectivity index (χ1) is 10.2. The second-order valence-electron chi connectivity index (χ2n) is 7.55. The van der Waals surface area contributed by atoms with Gasteiger partial charge in [0, 0.05) is 56.9 Å². The van der Waals surface area contributed by atoms with Crippen molar-refractivity contribution in [2.45, 2.75) is 36.3 Å². The van der Waals surface area contributed by atoms with Crippen LogP contribution in [0.4, 0.5) is 0 Å². The number of rotatable bonds is 1. The van der Waals surface area contributed by atoms with Gasteiger partial charge in [0.2, 0.25) is 0 Å². The van der Waals surface area contributed by atoms with Gasteiger partial charge in [-0.15, -0.1) is 0 Å². The fourth-order valence-corrected chi connectivity index (χ4v) is 6.47. The summed E-state index contributed by atoms with van der Waals surface area (Å²) < 4.78 is 6.35. The molecule has 0 aromatic heterocycles. The Hall–Kier alpha value is 0.190. The number of fused-ring (bicyclic) bond motifs is 4. The topological polar surface area (TPSA) is 19.0 Å². The fourth-order valence-electron chi connectivity index (χ4n) is 4.87. The summed E-state index contributed by atoms with van der Waals surface area (Å²) in [6, 6.07) is 0.740. The van der Waals surface area contributed by atoms with Crippen molar-refractivity contribution in [1.82, 2.24) is 14.7 Å². The highest BCUT2D eigenvalue weighted by atomic mass is 32.2. The molecule has 0 aromatic carbocycles. The van der Waals surface area contributed by atoms with Gasteiger partial charge in [0.15, 0.2) is 0 Å². The van der Waals surface area contributed by atoms with E-state index < -0.39 is 0 Å². The molecule has 3 atom stereocenters. The van der Waals surface area contributed by atoms with Gasteiger partial charge in [0.05, 0.1) is 6.61 Å². The number of hydrogen-bond acceptors (Lipinski definition) is 5. The zero-order chi connectivity index (χ0) is 14.4. The zero-order valence-corrected chi connectivity index (χ0v) is 14.3. The number of likely N-dealkylation sites (tertiary alicyclic amines) is 1. The van der Waals surface area contributed by atoms with Gasteiger partial charge in [-0.25, -0.2) is 0 Å². The van der Waals surface area contributed by atoms with E-state index in [1.807, 2.05) is 0 Å². The summed E-state index contributed by atoms with van der Waals surface area (Å²) in [5, 5.41) is 0.784. The first-order valence-electron chi connectivity index (χ1n) is 8.56. The molecule has 0 amide bonds. The Balaban J connectivity index is 1.55. The largest absolute Gasteiger partial charge is 0.359 e. The highest BCUT2D eigenvalue weighted by Crippen LogP contribution is 2.43. The summed E-state index contributed by atoms with van der Waals surface area (Å²) in [5.41, 5.74) is 0.0702. The number of piperidine rings is 1. The van der Waals surface area contributed by atoms with Gasteiger partial charge in [-0.1, -0.05) is 0 Å². The second kappa shape index (κ2) is 5.68. The van der Waals surface area contributed by atoms with Crippen LogP contribution in [0.5, 0.6) is 0 Å². The molecule has 5 fully saturated rings. The molecule has 5 aliphatic rings. The van der Waals surface area contributed by atoms with Gasteiger partial charge >= 0.3 is 0 Å². The molecule has 0 N–H and O–H groups in total. The highest BCUT2D eigenvalue weighted by molar-refractivity contribution is 8.00. The van der Waals surface area contributed by atoms with Crippen LogP contribution in [-0.4, -0.2) is 90.9 Å². The van der Waals surface area contributed by atoms with Crippen molar-refractivity contribution in [1.29, 1.82) is 0 Å². The Kier molecular flexibility index (Phi) is 3.99. The summed E-state index contributed by atoms with van der Waals surface area (Å²) in [7, 11) is 4.55. The quantitative estimate of drug-likeness (QED) is 0.722. The van der Waals surface area contributed by atoms with E-state index in [1.54, 1.807) is 0 Å². The van der Waals surface area contributed by atoms with Crippen LogP contribution in [-0.2, 0) is 4.74 Å². The fraction of sp³-hybridized carbons (Fsp3) is 1.00. The monoisotopic (exact) mass is 311 g/mol. The Labute approximate surface area is 133 Å². The van der Waals surface area contributed by atoms with Crippen molar-refractivity contribution in [2.24, 2.45) is 5.92 Å². The van der Waals surface area contributed by atoms with Crippen molar-refractivity contribution in [3.63, 3.8) is 0 Å². The standard InChI is InChI=1S/C16H29N3OS/c1-17-5-3-16(4-6-17)19(7-8-20-16)14-9-13-10-18(2)11-15(14)21-12-13/h13-15H,3-12H2,1-2H3. The molecule has 0 aliphatic carbocycles. The smallest absolute Gasteiger partial charge is 0.124 e. The Morgan fingerprint density at radius 1 is 1.05 bits per heavy atom. The SMILES string of the molecule is CN1CCC2(CC1)OCCN2C1CC2CSC1CN(C)C2. The number of thioether (sulfide) groups is 1. The molecule has 5 heteroatoms. The third kappa shape index (κ3) is 2.65. The molecule has 5 heterocycles. The summed E-state index contributed by atoms with van der Waals surface area (Å²) in [5.74, 6) is 2.25. The van der Waals surface area contributed by atoms with Crippen molar-refractivity contribution in [3.05, 3.63) is 0 Å². The minimum Gasteiger partial charge on any atom is -0.359 e. The van der Waals surface area contributed by atoms with Gasteiger partial charge in [-0.2, -0.15) is 11.8 Å². The van der Waals surface area contributed by atoms with Crippen molar-refractivity contribution < 1.29 is 4.74 Å². The third-order valence-electron chi connectivity index (χ3n) is 6.01. The van der Waals surface area contributed by atoms with Gasteiger partial charge in [0.1, 0.15) is 5.72 Å². The minimum atomic E-state index is 0.0702. The van der Waals surface area contributed by atoms with Gasteiger partial charge in [-0.3, -0.25) is 4.90 Å². The van der Waals surface area contributed by atoms with Gasteiger partial charge in [-0.05, 0) is 32.2 Å². The molecular weight excluding hydrogens is 282 g/mol. The summed E-state index contributed by atoms with van der Waals surface area (Å²) in [4.78, 5) is 7.81. The molecular formula is C16H29N3OS. The van der Waals surface area contributed by atoms with E-state index in [0.29, 0.717) is 0 Å². The zero-order valence-electron chi connectivity index (χ0n) is 13.5. The molecule has 5 rings (SSSR count).